The number of rotatable bonds is 9. The number of nitrogens with zero attached hydrogens (tertiary/aromatic N) is 1. The van der Waals surface area contributed by atoms with Crippen LogP contribution in [0.1, 0.15) is 12.5 Å². The first-order valence-corrected chi connectivity index (χ1v) is 12.8. The van der Waals surface area contributed by atoms with Crippen LogP contribution in [0.5, 0.6) is 17.2 Å². The van der Waals surface area contributed by atoms with E-state index in [-0.39, 0.29) is 18.4 Å². The number of benzene rings is 3. The third-order valence-corrected chi connectivity index (χ3v) is 6.73. The number of nitrogens with one attached hydrogen (secondary N) is 1. The Morgan fingerprint density at radius 1 is 1.05 bits per heavy atom. The van der Waals surface area contributed by atoms with Gasteiger partial charge in [-0.25, -0.2) is 0 Å². The van der Waals surface area contributed by atoms with Crippen molar-refractivity contribution >= 4 is 69.2 Å². The summed E-state index contributed by atoms with van der Waals surface area (Å²) in [5.74, 6) is 1.02. The van der Waals surface area contributed by atoms with Crippen LogP contribution in [0.15, 0.2) is 71.6 Å². The first kappa shape index (κ1) is 26.5. The SMILES string of the molecule is CCOc1ccc(NC(=O)COc2ccc(/C=C3\SC(=S)N(c4ccc(Cl)cc4)C3=O)cc2OC)cc1. The van der Waals surface area contributed by atoms with E-state index in [4.69, 9.17) is 38.0 Å². The lowest BCUT2D eigenvalue weighted by molar-refractivity contribution is -0.118. The Morgan fingerprint density at radius 2 is 1.78 bits per heavy atom. The van der Waals surface area contributed by atoms with E-state index in [2.05, 4.69) is 5.32 Å². The van der Waals surface area contributed by atoms with Gasteiger partial charge in [-0.05, 0) is 79.2 Å². The first-order chi connectivity index (χ1) is 17.9. The topological polar surface area (TPSA) is 77.1 Å². The van der Waals surface area contributed by atoms with Crippen molar-refractivity contribution in [2.75, 3.05) is 30.5 Å². The van der Waals surface area contributed by atoms with Crippen molar-refractivity contribution in [3.05, 3.63) is 82.2 Å². The van der Waals surface area contributed by atoms with E-state index in [0.29, 0.717) is 43.7 Å². The molecule has 0 unspecified atom stereocenters. The Morgan fingerprint density at radius 3 is 2.46 bits per heavy atom. The highest BCUT2D eigenvalue weighted by Gasteiger charge is 2.33. The minimum atomic E-state index is -0.318. The van der Waals surface area contributed by atoms with Gasteiger partial charge in [-0.1, -0.05) is 41.6 Å². The molecule has 1 heterocycles. The smallest absolute Gasteiger partial charge is 0.270 e. The lowest BCUT2D eigenvalue weighted by Gasteiger charge is -2.14. The predicted molar refractivity (Wildman–Crippen MR) is 152 cm³/mol. The summed E-state index contributed by atoms with van der Waals surface area (Å²) >= 11 is 12.6. The summed E-state index contributed by atoms with van der Waals surface area (Å²) in [6.45, 7) is 2.27. The Hall–Kier alpha value is -3.53. The van der Waals surface area contributed by atoms with Crippen molar-refractivity contribution in [2.24, 2.45) is 0 Å². The monoisotopic (exact) mass is 554 g/mol. The molecule has 0 spiro atoms. The summed E-state index contributed by atoms with van der Waals surface area (Å²) in [5, 5.41) is 3.35. The standard InChI is InChI=1S/C27H23ClN2O5S2/c1-3-34-21-11-7-19(8-12-21)29-25(31)16-35-22-13-4-17(14-23(22)33-2)15-24-26(32)30(27(36)37-24)20-9-5-18(28)6-10-20/h4-15H,3,16H2,1-2H3,(H,29,31)/b24-15-. The van der Waals surface area contributed by atoms with Crippen molar-refractivity contribution < 1.29 is 23.8 Å². The highest BCUT2D eigenvalue weighted by atomic mass is 35.5. The molecule has 0 saturated carbocycles. The fraction of sp³-hybridized carbons (Fsp3) is 0.148. The van der Waals surface area contributed by atoms with Gasteiger partial charge in [0.25, 0.3) is 11.8 Å². The Bertz CT molecular complexity index is 1340. The number of ether oxygens (including phenoxy) is 3. The van der Waals surface area contributed by atoms with E-state index < -0.39 is 0 Å². The number of amides is 2. The molecular weight excluding hydrogens is 532 g/mol. The van der Waals surface area contributed by atoms with Crippen LogP contribution >= 0.6 is 35.6 Å². The highest BCUT2D eigenvalue weighted by Crippen LogP contribution is 2.37. The van der Waals surface area contributed by atoms with Crippen molar-refractivity contribution in [3.8, 4) is 17.2 Å². The second-order valence-corrected chi connectivity index (χ2v) is 9.81. The predicted octanol–water partition coefficient (Wildman–Crippen LogP) is 6.17. The zero-order valence-electron chi connectivity index (χ0n) is 20.0. The molecule has 0 radical (unpaired) electrons. The molecule has 1 aliphatic heterocycles. The van der Waals surface area contributed by atoms with Crippen LogP contribution in [0, 0.1) is 0 Å². The van der Waals surface area contributed by atoms with Crippen LogP contribution in [0.2, 0.25) is 5.02 Å². The maximum absolute atomic E-state index is 13.0. The van der Waals surface area contributed by atoms with Crippen molar-refractivity contribution in [1.82, 2.24) is 0 Å². The number of thiocarbonyl (C=S) groups is 1. The molecule has 2 amide bonds. The summed E-state index contributed by atoms with van der Waals surface area (Å²) < 4.78 is 17.0. The molecule has 1 aliphatic rings. The number of methoxy groups -OCH3 is 1. The fourth-order valence-electron chi connectivity index (χ4n) is 3.47. The normalized spacial score (nSPS) is 14.1. The first-order valence-electron chi connectivity index (χ1n) is 11.2. The van der Waals surface area contributed by atoms with Gasteiger partial charge in [0.1, 0.15) is 5.75 Å². The second kappa shape index (κ2) is 12.1. The van der Waals surface area contributed by atoms with E-state index in [1.807, 2.05) is 6.92 Å². The van der Waals surface area contributed by atoms with Gasteiger partial charge in [0.15, 0.2) is 22.4 Å². The van der Waals surface area contributed by atoms with Gasteiger partial charge >= 0.3 is 0 Å². The number of hydrogen-bond acceptors (Lipinski definition) is 7. The Labute approximate surface area is 229 Å². The van der Waals surface area contributed by atoms with E-state index in [0.717, 1.165) is 11.3 Å². The molecule has 10 heteroatoms. The Balaban J connectivity index is 1.41. The van der Waals surface area contributed by atoms with Gasteiger partial charge < -0.3 is 19.5 Å². The van der Waals surface area contributed by atoms with E-state index in [1.54, 1.807) is 72.8 Å². The van der Waals surface area contributed by atoms with Crippen LogP contribution in [0.3, 0.4) is 0 Å². The molecule has 190 valence electrons. The molecular formula is C27H23ClN2O5S2. The van der Waals surface area contributed by atoms with E-state index in [9.17, 15) is 9.59 Å². The van der Waals surface area contributed by atoms with Gasteiger partial charge in [-0.3, -0.25) is 14.5 Å². The summed E-state index contributed by atoms with van der Waals surface area (Å²) in [4.78, 5) is 27.3. The van der Waals surface area contributed by atoms with Crippen molar-refractivity contribution in [3.63, 3.8) is 0 Å². The zero-order valence-corrected chi connectivity index (χ0v) is 22.4. The minimum absolute atomic E-state index is 0.206. The molecule has 1 saturated heterocycles. The average Bonchev–Trinajstić information content (AvgIpc) is 3.17. The number of anilines is 2. The molecule has 0 bridgehead atoms. The second-order valence-electron chi connectivity index (χ2n) is 7.70. The number of thioether (sulfide) groups is 1. The van der Waals surface area contributed by atoms with Crippen LogP contribution < -0.4 is 24.4 Å². The molecule has 0 aromatic heterocycles. The largest absolute Gasteiger partial charge is 0.494 e. The summed E-state index contributed by atoms with van der Waals surface area (Å²) in [7, 11) is 1.51. The molecule has 1 fully saturated rings. The molecule has 3 aromatic rings. The third-order valence-electron chi connectivity index (χ3n) is 5.17. The molecule has 4 rings (SSSR count). The number of carbonyl (C=O) groups excluding carboxylic acids is 2. The lowest BCUT2D eigenvalue weighted by Crippen LogP contribution is -2.27. The molecule has 0 atom stereocenters. The fourth-order valence-corrected chi connectivity index (χ4v) is 4.89. The Kier molecular flexibility index (Phi) is 8.70. The third kappa shape index (κ3) is 6.62. The molecule has 1 N–H and O–H groups in total. The van der Waals surface area contributed by atoms with Crippen LogP contribution in [-0.4, -0.2) is 36.5 Å². The van der Waals surface area contributed by atoms with Crippen LogP contribution in [0.4, 0.5) is 11.4 Å². The molecule has 0 aliphatic carbocycles. The van der Waals surface area contributed by atoms with Crippen LogP contribution in [0.25, 0.3) is 6.08 Å². The zero-order chi connectivity index (χ0) is 26.4. The molecule has 3 aromatic carbocycles. The van der Waals surface area contributed by atoms with E-state index in [1.165, 1.54) is 23.8 Å². The van der Waals surface area contributed by atoms with Gasteiger partial charge in [-0.15, -0.1) is 0 Å². The minimum Gasteiger partial charge on any atom is -0.494 e. The van der Waals surface area contributed by atoms with Gasteiger partial charge in [0.2, 0.25) is 0 Å². The summed E-state index contributed by atoms with van der Waals surface area (Å²) in [5.41, 5.74) is 2.01. The maximum Gasteiger partial charge on any atom is 0.270 e. The summed E-state index contributed by atoms with van der Waals surface area (Å²) in [6.07, 6.45) is 1.74. The number of carbonyl (C=O) groups is 2. The molecule has 37 heavy (non-hydrogen) atoms. The lowest BCUT2D eigenvalue weighted by atomic mass is 10.2. The molecule has 7 nitrogen and oxygen atoms in total. The number of hydrogen-bond donors (Lipinski definition) is 1. The average molecular weight is 555 g/mol. The van der Waals surface area contributed by atoms with Gasteiger partial charge in [-0.2, -0.15) is 0 Å². The van der Waals surface area contributed by atoms with Gasteiger partial charge in [0.05, 0.1) is 24.3 Å². The maximum atomic E-state index is 13.0. The van der Waals surface area contributed by atoms with Crippen molar-refractivity contribution in [2.45, 2.75) is 6.92 Å². The van der Waals surface area contributed by atoms with Crippen LogP contribution in [-0.2, 0) is 9.59 Å². The highest BCUT2D eigenvalue weighted by molar-refractivity contribution is 8.27. The summed E-state index contributed by atoms with van der Waals surface area (Å²) in [6, 6.07) is 19.2. The van der Waals surface area contributed by atoms with E-state index >= 15 is 0 Å². The van der Waals surface area contributed by atoms with Gasteiger partial charge in [0, 0.05) is 10.7 Å². The van der Waals surface area contributed by atoms with Crippen molar-refractivity contribution in [1.29, 1.82) is 0 Å². The quantitative estimate of drug-likeness (QED) is 0.250. The number of halogens is 1.